The fourth-order valence-corrected chi connectivity index (χ4v) is 2.57. The topological polar surface area (TPSA) is 42.0 Å². The van der Waals surface area contributed by atoms with Gasteiger partial charge in [-0.1, -0.05) is 29.3 Å². The lowest BCUT2D eigenvalue weighted by Crippen LogP contribution is -2.12. The molecule has 0 fully saturated rings. The van der Waals surface area contributed by atoms with Gasteiger partial charge in [0, 0.05) is 11.8 Å². The molecule has 0 aliphatic heterocycles. The minimum absolute atomic E-state index is 0.102. The molecule has 0 aliphatic carbocycles. The van der Waals surface area contributed by atoms with Gasteiger partial charge in [-0.25, -0.2) is 4.98 Å². The number of carbonyl (C=O) groups excluding carboxylic acids is 1. The molecule has 100 valence electrons. The molecule has 2 aromatic rings. The Morgan fingerprint density at radius 2 is 2.21 bits per heavy atom. The lowest BCUT2D eigenvalue weighted by Gasteiger charge is -2.07. The summed E-state index contributed by atoms with van der Waals surface area (Å²) in [6.45, 7) is 1.94. The Morgan fingerprint density at radius 3 is 2.89 bits per heavy atom. The number of carbonyl (C=O) groups is 1. The second-order valence-electron chi connectivity index (χ2n) is 4.01. The van der Waals surface area contributed by atoms with Crippen LogP contribution in [-0.2, 0) is 11.2 Å². The Balaban J connectivity index is 1.92. The van der Waals surface area contributed by atoms with Crippen LogP contribution in [0.2, 0.25) is 10.0 Å². The fraction of sp³-hybridized carbons (Fsp3) is 0.231. The van der Waals surface area contributed by atoms with Crippen molar-refractivity contribution in [3.05, 3.63) is 44.3 Å². The summed E-state index contributed by atoms with van der Waals surface area (Å²) in [5, 5.41) is 6.51. The second kappa shape index (κ2) is 6.37. The smallest absolute Gasteiger partial charge is 0.224 e. The first kappa shape index (κ1) is 14.3. The van der Waals surface area contributed by atoms with Crippen molar-refractivity contribution in [2.75, 3.05) is 5.32 Å². The molecule has 1 N–H and O–H groups in total. The molecule has 1 amide bonds. The SMILES string of the molecule is Cc1nc(CCC(=O)Nc2cccc(Cl)c2Cl)cs1. The van der Waals surface area contributed by atoms with Crippen LogP contribution >= 0.6 is 34.5 Å². The number of thiazole rings is 1. The summed E-state index contributed by atoms with van der Waals surface area (Å²) < 4.78 is 0. The Kier molecular flexibility index (Phi) is 4.80. The maximum Gasteiger partial charge on any atom is 0.224 e. The maximum atomic E-state index is 11.8. The van der Waals surface area contributed by atoms with Gasteiger partial charge in [-0.3, -0.25) is 4.79 Å². The third kappa shape index (κ3) is 3.93. The lowest BCUT2D eigenvalue weighted by atomic mass is 10.2. The normalized spacial score (nSPS) is 10.5. The van der Waals surface area contributed by atoms with Crippen LogP contribution in [0.3, 0.4) is 0 Å². The molecule has 1 aromatic heterocycles. The summed E-state index contributed by atoms with van der Waals surface area (Å²) in [4.78, 5) is 16.1. The van der Waals surface area contributed by atoms with Crippen LogP contribution in [0.5, 0.6) is 0 Å². The van der Waals surface area contributed by atoms with Crippen molar-refractivity contribution in [1.29, 1.82) is 0 Å². The van der Waals surface area contributed by atoms with Crippen molar-refractivity contribution in [3.8, 4) is 0 Å². The predicted octanol–water partition coefficient (Wildman–Crippen LogP) is 4.33. The molecular weight excluding hydrogens is 303 g/mol. The van der Waals surface area contributed by atoms with E-state index in [4.69, 9.17) is 23.2 Å². The molecule has 0 radical (unpaired) electrons. The van der Waals surface area contributed by atoms with E-state index in [9.17, 15) is 4.79 Å². The van der Waals surface area contributed by atoms with Crippen LogP contribution in [-0.4, -0.2) is 10.9 Å². The zero-order chi connectivity index (χ0) is 13.8. The van der Waals surface area contributed by atoms with Gasteiger partial charge in [-0.05, 0) is 25.5 Å². The summed E-state index contributed by atoms with van der Waals surface area (Å²) in [5.74, 6) is -0.102. The predicted molar refractivity (Wildman–Crippen MR) is 80.3 cm³/mol. The third-order valence-electron chi connectivity index (χ3n) is 2.50. The average Bonchev–Trinajstić information content (AvgIpc) is 2.78. The van der Waals surface area contributed by atoms with Crippen molar-refractivity contribution in [1.82, 2.24) is 4.98 Å². The highest BCUT2D eigenvalue weighted by Crippen LogP contribution is 2.29. The number of nitrogens with zero attached hydrogens (tertiary/aromatic N) is 1. The van der Waals surface area contributed by atoms with Crippen molar-refractivity contribution in [3.63, 3.8) is 0 Å². The van der Waals surface area contributed by atoms with Gasteiger partial charge in [0.25, 0.3) is 0 Å². The molecule has 1 heterocycles. The largest absolute Gasteiger partial charge is 0.325 e. The number of amides is 1. The molecule has 3 nitrogen and oxygen atoms in total. The molecule has 1 aromatic carbocycles. The van der Waals surface area contributed by atoms with Crippen molar-refractivity contribution in [2.45, 2.75) is 19.8 Å². The Hall–Kier alpha value is -1.10. The lowest BCUT2D eigenvalue weighted by molar-refractivity contribution is -0.116. The van der Waals surface area contributed by atoms with E-state index >= 15 is 0 Å². The van der Waals surface area contributed by atoms with Gasteiger partial charge in [0.05, 0.1) is 26.4 Å². The Morgan fingerprint density at radius 1 is 1.42 bits per heavy atom. The zero-order valence-electron chi connectivity index (χ0n) is 10.2. The van der Waals surface area contributed by atoms with Gasteiger partial charge in [0.1, 0.15) is 0 Å². The van der Waals surface area contributed by atoms with Gasteiger partial charge in [0.15, 0.2) is 0 Å². The number of halogens is 2. The van der Waals surface area contributed by atoms with Gasteiger partial charge in [-0.15, -0.1) is 11.3 Å². The van der Waals surface area contributed by atoms with E-state index in [0.717, 1.165) is 10.7 Å². The number of nitrogens with one attached hydrogen (secondary N) is 1. The second-order valence-corrected chi connectivity index (χ2v) is 5.85. The minimum Gasteiger partial charge on any atom is -0.325 e. The van der Waals surface area contributed by atoms with Crippen molar-refractivity contribution >= 4 is 46.1 Å². The van der Waals surface area contributed by atoms with E-state index < -0.39 is 0 Å². The van der Waals surface area contributed by atoms with E-state index in [1.165, 1.54) is 0 Å². The highest BCUT2D eigenvalue weighted by molar-refractivity contribution is 7.09. The van der Waals surface area contributed by atoms with Crippen LogP contribution < -0.4 is 5.32 Å². The molecule has 0 spiro atoms. The van der Waals surface area contributed by atoms with Crippen LogP contribution in [0, 0.1) is 6.92 Å². The number of aromatic nitrogens is 1. The first-order chi connectivity index (χ1) is 9.06. The van der Waals surface area contributed by atoms with Crippen molar-refractivity contribution < 1.29 is 4.79 Å². The molecule has 0 bridgehead atoms. The molecule has 0 atom stereocenters. The number of anilines is 1. The quantitative estimate of drug-likeness (QED) is 0.912. The van der Waals surface area contributed by atoms with E-state index in [0.29, 0.717) is 28.6 Å². The van der Waals surface area contributed by atoms with Crippen LogP contribution in [0.4, 0.5) is 5.69 Å². The van der Waals surface area contributed by atoms with E-state index in [1.54, 1.807) is 29.5 Å². The van der Waals surface area contributed by atoms with Crippen molar-refractivity contribution in [2.24, 2.45) is 0 Å². The van der Waals surface area contributed by atoms with E-state index in [1.807, 2.05) is 12.3 Å². The minimum atomic E-state index is -0.102. The van der Waals surface area contributed by atoms with Gasteiger partial charge in [0.2, 0.25) is 5.91 Å². The monoisotopic (exact) mass is 314 g/mol. The Labute approximate surface area is 125 Å². The number of hydrogen-bond donors (Lipinski definition) is 1. The van der Waals surface area contributed by atoms with E-state index in [-0.39, 0.29) is 5.91 Å². The highest BCUT2D eigenvalue weighted by Gasteiger charge is 2.09. The summed E-state index contributed by atoms with van der Waals surface area (Å²) in [6.07, 6.45) is 0.986. The molecule has 0 aliphatic rings. The van der Waals surface area contributed by atoms with Gasteiger partial charge >= 0.3 is 0 Å². The molecule has 6 heteroatoms. The summed E-state index contributed by atoms with van der Waals surface area (Å²) in [6, 6.07) is 5.14. The zero-order valence-corrected chi connectivity index (χ0v) is 12.6. The molecule has 2 rings (SSSR count). The van der Waals surface area contributed by atoms with E-state index in [2.05, 4.69) is 10.3 Å². The first-order valence-corrected chi connectivity index (χ1v) is 7.34. The Bertz CT molecular complexity index is 598. The van der Waals surface area contributed by atoms with Crippen LogP contribution in [0.25, 0.3) is 0 Å². The summed E-state index contributed by atoms with van der Waals surface area (Å²) in [7, 11) is 0. The summed E-state index contributed by atoms with van der Waals surface area (Å²) >= 11 is 13.5. The van der Waals surface area contributed by atoms with Gasteiger partial charge < -0.3 is 5.32 Å². The summed E-state index contributed by atoms with van der Waals surface area (Å²) in [5.41, 5.74) is 1.48. The van der Waals surface area contributed by atoms with Crippen LogP contribution in [0.1, 0.15) is 17.1 Å². The highest BCUT2D eigenvalue weighted by atomic mass is 35.5. The fourth-order valence-electron chi connectivity index (χ4n) is 1.58. The molecular formula is C13H12Cl2N2OS. The number of benzene rings is 1. The molecule has 0 saturated carbocycles. The van der Waals surface area contributed by atoms with Gasteiger partial charge in [-0.2, -0.15) is 0 Å². The van der Waals surface area contributed by atoms with Crippen LogP contribution in [0.15, 0.2) is 23.6 Å². The maximum absolute atomic E-state index is 11.8. The standard InChI is InChI=1S/C13H12Cl2N2OS/c1-8-16-9(7-19-8)5-6-12(18)17-11-4-2-3-10(14)13(11)15/h2-4,7H,5-6H2,1H3,(H,17,18). The molecule has 0 saturated heterocycles. The third-order valence-corrected chi connectivity index (χ3v) is 4.14. The molecule has 19 heavy (non-hydrogen) atoms. The first-order valence-electron chi connectivity index (χ1n) is 5.71. The number of hydrogen-bond acceptors (Lipinski definition) is 3. The number of aryl methyl sites for hydroxylation is 2. The average molecular weight is 315 g/mol. The molecule has 0 unspecified atom stereocenters. The number of rotatable bonds is 4.